The Labute approximate surface area is 122 Å². The highest BCUT2D eigenvalue weighted by molar-refractivity contribution is 5.93. The number of benzene rings is 2. The average molecular weight is 267 g/mol. The summed E-state index contributed by atoms with van der Waals surface area (Å²) in [5, 5.41) is 6.31. The maximum Gasteiger partial charge on any atom is -0.00519 e. The molecule has 0 saturated heterocycles. The molecule has 0 fully saturated rings. The van der Waals surface area contributed by atoms with Crippen LogP contribution in [0.15, 0.2) is 30.3 Å². The third kappa shape index (κ3) is 2.73. The third-order valence-electron chi connectivity index (χ3n) is 4.59. The Morgan fingerprint density at radius 1 is 0.900 bits per heavy atom. The maximum absolute atomic E-state index is 3.22. The highest BCUT2D eigenvalue weighted by Gasteiger charge is 2.15. The summed E-state index contributed by atoms with van der Waals surface area (Å²) in [5.41, 5.74) is 4.68. The molecule has 0 aromatic heterocycles. The molecule has 0 unspecified atom stereocenters. The molecule has 0 aliphatic heterocycles. The van der Waals surface area contributed by atoms with Crippen LogP contribution in [0.5, 0.6) is 0 Å². The molecule has 1 nitrogen and oxygen atoms in total. The second-order valence-corrected chi connectivity index (χ2v) is 5.99. The fourth-order valence-electron chi connectivity index (χ4n) is 3.50. The standard InChI is InChI=1S/C19H25N/c1-20-14-5-3-2-4-7-15-10-11-17-13-12-16-8-6-9-18(15)19(16)17/h6,8-11,20H,2-5,7,12-14H2,1H3. The zero-order valence-electron chi connectivity index (χ0n) is 12.5. The van der Waals surface area contributed by atoms with Crippen LogP contribution in [0, 0.1) is 0 Å². The molecule has 2 aromatic carbocycles. The highest BCUT2D eigenvalue weighted by atomic mass is 14.8. The van der Waals surface area contributed by atoms with Crippen molar-refractivity contribution in [2.45, 2.75) is 44.9 Å². The monoisotopic (exact) mass is 267 g/mol. The van der Waals surface area contributed by atoms with Gasteiger partial charge in [-0.15, -0.1) is 0 Å². The van der Waals surface area contributed by atoms with Gasteiger partial charge in [0.1, 0.15) is 0 Å². The van der Waals surface area contributed by atoms with Crippen molar-refractivity contribution in [3.05, 3.63) is 47.0 Å². The van der Waals surface area contributed by atoms with Gasteiger partial charge in [-0.05, 0) is 73.2 Å². The lowest BCUT2D eigenvalue weighted by molar-refractivity contribution is 0.617. The van der Waals surface area contributed by atoms with Crippen LogP contribution >= 0.6 is 0 Å². The van der Waals surface area contributed by atoms with Crippen molar-refractivity contribution in [2.75, 3.05) is 13.6 Å². The van der Waals surface area contributed by atoms with E-state index >= 15 is 0 Å². The van der Waals surface area contributed by atoms with Crippen molar-refractivity contribution < 1.29 is 0 Å². The Balaban J connectivity index is 1.67. The Kier molecular flexibility index (Phi) is 4.37. The molecule has 0 heterocycles. The quantitative estimate of drug-likeness (QED) is 0.739. The van der Waals surface area contributed by atoms with Crippen molar-refractivity contribution in [3.63, 3.8) is 0 Å². The van der Waals surface area contributed by atoms with Crippen LogP contribution in [-0.2, 0) is 19.3 Å². The molecule has 0 saturated carbocycles. The minimum atomic E-state index is 1.15. The van der Waals surface area contributed by atoms with E-state index in [4.69, 9.17) is 0 Å². The molecule has 0 spiro atoms. The second kappa shape index (κ2) is 6.41. The van der Waals surface area contributed by atoms with E-state index in [9.17, 15) is 0 Å². The van der Waals surface area contributed by atoms with Crippen LogP contribution in [0.2, 0.25) is 0 Å². The predicted octanol–water partition coefficient (Wildman–Crippen LogP) is 4.26. The lowest BCUT2D eigenvalue weighted by Gasteiger charge is -2.09. The molecule has 106 valence electrons. The first-order valence-corrected chi connectivity index (χ1v) is 8.07. The van der Waals surface area contributed by atoms with E-state index in [1.54, 1.807) is 22.1 Å². The molecular formula is C19H25N. The number of hydrogen-bond donors (Lipinski definition) is 1. The summed E-state index contributed by atoms with van der Waals surface area (Å²) in [6.07, 6.45) is 9.04. The Morgan fingerprint density at radius 3 is 2.55 bits per heavy atom. The predicted molar refractivity (Wildman–Crippen MR) is 87.5 cm³/mol. The second-order valence-electron chi connectivity index (χ2n) is 5.99. The van der Waals surface area contributed by atoms with Crippen molar-refractivity contribution in [1.82, 2.24) is 5.32 Å². The van der Waals surface area contributed by atoms with Crippen LogP contribution in [-0.4, -0.2) is 13.6 Å². The first-order chi connectivity index (χ1) is 9.90. The van der Waals surface area contributed by atoms with Gasteiger partial charge in [-0.1, -0.05) is 43.2 Å². The van der Waals surface area contributed by atoms with Crippen LogP contribution in [0.4, 0.5) is 0 Å². The zero-order valence-corrected chi connectivity index (χ0v) is 12.5. The fraction of sp³-hybridized carbons (Fsp3) is 0.474. The lowest BCUT2D eigenvalue weighted by atomic mass is 9.96. The van der Waals surface area contributed by atoms with Gasteiger partial charge < -0.3 is 5.32 Å². The molecule has 1 N–H and O–H groups in total. The summed E-state index contributed by atoms with van der Waals surface area (Å²) < 4.78 is 0. The van der Waals surface area contributed by atoms with Crippen molar-refractivity contribution in [1.29, 1.82) is 0 Å². The molecule has 1 heteroatoms. The normalized spacial score (nSPS) is 13.2. The molecule has 0 amide bonds. The molecule has 3 rings (SSSR count). The molecule has 20 heavy (non-hydrogen) atoms. The highest BCUT2D eigenvalue weighted by Crippen LogP contribution is 2.33. The molecular weight excluding hydrogens is 242 g/mol. The average Bonchev–Trinajstić information content (AvgIpc) is 2.90. The van der Waals surface area contributed by atoms with E-state index in [1.807, 2.05) is 7.05 Å². The zero-order chi connectivity index (χ0) is 13.8. The van der Waals surface area contributed by atoms with Crippen LogP contribution in [0.25, 0.3) is 10.8 Å². The summed E-state index contributed by atoms with van der Waals surface area (Å²) in [7, 11) is 2.03. The number of hydrogen-bond acceptors (Lipinski definition) is 1. The number of unbranched alkanes of at least 4 members (excludes halogenated alkanes) is 3. The van der Waals surface area contributed by atoms with E-state index < -0.39 is 0 Å². The molecule has 1 aliphatic carbocycles. The van der Waals surface area contributed by atoms with Gasteiger partial charge in [0.15, 0.2) is 0 Å². The van der Waals surface area contributed by atoms with E-state index in [1.165, 1.54) is 50.3 Å². The summed E-state index contributed by atoms with van der Waals surface area (Å²) >= 11 is 0. The smallest absolute Gasteiger partial charge is 0.00519 e. The van der Waals surface area contributed by atoms with Crippen molar-refractivity contribution in [3.8, 4) is 0 Å². The van der Waals surface area contributed by atoms with Gasteiger partial charge in [-0.25, -0.2) is 0 Å². The van der Waals surface area contributed by atoms with Gasteiger partial charge in [-0.2, -0.15) is 0 Å². The van der Waals surface area contributed by atoms with E-state index in [-0.39, 0.29) is 0 Å². The number of rotatable bonds is 7. The topological polar surface area (TPSA) is 12.0 Å². The summed E-state index contributed by atoms with van der Waals surface area (Å²) in [6.45, 7) is 1.15. The molecule has 0 radical (unpaired) electrons. The van der Waals surface area contributed by atoms with E-state index in [0.717, 1.165) is 6.54 Å². The van der Waals surface area contributed by atoms with Crippen LogP contribution in [0.3, 0.4) is 0 Å². The van der Waals surface area contributed by atoms with Gasteiger partial charge >= 0.3 is 0 Å². The minimum absolute atomic E-state index is 1.15. The minimum Gasteiger partial charge on any atom is -0.320 e. The summed E-state index contributed by atoms with van der Waals surface area (Å²) in [4.78, 5) is 0. The first-order valence-electron chi connectivity index (χ1n) is 8.07. The van der Waals surface area contributed by atoms with E-state index in [2.05, 4.69) is 35.6 Å². The van der Waals surface area contributed by atoms with E-state index in [0.29, 0.717) is 0 Å². The summed E-state index contributed by atoms with van der Waals surface area (Å²) in [6, 6.07) is 11.6. The summed E-state index contributed by atoms with van der Waals surface area (Å²) in [5.74, 6) is 0. The van der Waals surface area contributed by atoms with Gasteiger partial charge in [0.25, 0.3) is 0 Å². The molecule has 0 atom stereocenters. The van der Waals surface area contributed by atoms with Gasteiger partial charge in [0.2, 0.25) is 0 Å². The molecule has 0 bridgehead atoms. The first kappa shape index (κ1) is 13.6. The lowest BCUT2D eigenvalue weighted by Crippen LogP contribution is -2.06. The van der Waals surface area contributed by atoms with Gasteiger partial charge in [0.05, 0.1) is 0 Å². The van der Waals surface area contributed by atoms with Crippen LogP contribution in [0.1, 0.15) is 42.4 Å². The van der Waals surface area contributed by atoms with Crippen molar-refractivity contribution >= 4 is 10.8 Å². The molecule has 1 aliphatic rings. The van der Waals surface area contributed by atoms with Crippen LogP contribution < -0.4 is 5.32 Å². The SMILES string of the molecule is CNCCCCCCc1ccc2c3c(cccc13)CC2. The Morgan fingerprint density at radius 2 is 1.70 bits per heavy atom. The Bertz CT molecular complexity index is 575. The van der Waals surface area contributed by atoms with Gasteiger partial charge in [-0.3, -0.25) is 0 Å². The van der Waals surface area contributed by atoms with Gasteiger partial charge in [0, 0.05) is 0 Å². The fourth-order valence-corrected chi connectivity index (χ4v) is 3.50. The third-order valence-corrected chi connectivity index (χ3v) is 4.59. The Hall–Kier alpha value is -1.34. The number of aryl methyl sites for hydroxylation is 3. The number of nitrogens with one attached hydrogen (secondary N) is 1. The maximum atomic E-state index is 3.22. The largest absolute Gasteiger partial charge is 0.320 e. The van der Waals surface area contributed by atoms with Crippen molar-refractivity contribution in [2.24, 2.45) is 0 Å². The molecule has 2 aromatic rings.